The molecule has 0 unspecified atom stereocenters. The first-order chi connectivity index (χ1) is 11.8. The van der Waals surface area contributed by atoms with E-state index in [0.29, 0.717) is 24.1 Å². The average molecular weight is 387 g/mol. The molecule has 0 atom stereocenters. The predicted octanol–water partition coefficient (Wildman–Crippen LogP) is 4.50. The molecule has 2 aromatic heterocycles. The number of nitrogens with zero attached hydrogens (tertiary/aromatic N) is 4. The van der Waals surface area contributed by atoms with Gasteiger partial charge in [-0.15, -0.1) is 0 Å². The van der Waals surface area contributed by atoms with Gasteiger partial charge < -0.3 is 0 Å². The van der Waals surface area contributed by atoms with Crippen molar-refractivity contribution in [3.8, 4) is 0 Å². The Morgan fingerprint density at radius 1 is 1.08 bits per heavy atom. The zero-order valence-corrected chi connectivity index (χ0v) is 15.5. The molecule has 2 heterocycles. The Balaban J connectivity index is 2.00. The zero-order chi connectivity index (χ0) is 19.4. The zero-order valence-electron chi connectivity index (χ0n) is 14.6. The molecule has 0 aliphatic rings. The number of rotatable bonds is 4. The molecule has 1 N–H and O–H groups in total. The van der Waals surface area contributed by atoms with Crippen molar-refractivity contribution in [1.82, 2.24) is 19.6 Å². The van der Waals surface area contributed by atoms with Crippen LogP contribution in [0, 0.1) is 6.92 Å². The number of hydrogen-bond acceptors (Lipinski definition) is 4. The van der Waals surface area contributed by atoms with Crippen molar-refractivity contribution in [3.63, 3.8) is 0 Å². The average Bonchev–Trinajstić information content (AvgIpc) is 2.90. The summed E-state index contributed by atoms with van der Waals surface area (Å²) in [7, 11) is -4.83. The van der Waals surface area contributed by atoms with E-state index in [4.69, 9.17) is 0 Å². The first-order valence-electron chi connectivity index (χ1n) is 7.75. The van der Waals surface area contributed by atoms with Crippen LogP contribution in [0.3, 0.4) is 0 Å². The molecule has 0 bridgehead atoms. The van der Waals surface area contributed by atoms with Gasteiger partial charge in [0.2, 0.25) is 0 Å². The summed E-state index contributed by atoms with van der Waals surface area (Å²) in [5.74, 6) is -3.46. The van der Waals surface area contributed by atoms with Crippen molar-refractivity contribution in [1.29, 1.82) is 0 Å². The minimum absolute atomic E-state index is 0.00808. The molecule has 0 amide bonds. The molecule has 5 nitrogen and oxygen atoms in total. The van der Waals surface area contributed by atoms with Crippen LogP contribution in [-0.4, -0.2) is 32.9 Å². The second-order valence-corrected chi connectivity index (χ2v) is 10.9. The van der Waals surface area contributed by atoms with Gasteiger partial charge in [-0.2, -0.15) is 0 Å². The molecule has 0 spiro atoms. The number of benzene rings is 1. The van der Waals surface area contributed by atoms with Gasteiger partial charge in [-0.05, 0) is 0 Å². The second kappa shape index (κ2) is 5.61. The van der Waals surface area contributed by atoms with Gasteiger partial charge in [0.15, 0.2) is 0 Å². The van der Waals surface area contributed by atoms with Crippen LogP contribution in [0.5, 0.6) is 0 Å². The third-order valence-corrected chi connectivity index (χ3v) is 5.41. The van der Waals surface area contributed by atoms with Gasteiger partial charge in [0, 0.05) is 0 Å². The first kappa shape index (κ1) is 18.5. The summed E-state index contributed by atoms with van der Waals surface area (Å²) in [5, 5.41) is 6.79. The van der Waals surface area contributed by atoms with Crippen molar-refractivity contribution < 1.29 is 17.2 Å². The van der Waals surface area contributed by atoms with Gasteiger partial charge >= 0.3 is 147 Å². The van der Waals surface area contributed by atoms with Gasteiger partial charge in [0.1, 0.15) is 0 Å². The van der Waals surface area contributed by atoms with E-state index in [1.807, 2.05) is 0 Å². The fourth-order valence-electron chi connectivity index (χ4n) is 2.37. The number of halogens is 4. The van der Waals surface area contributed by atoms with Crippen LogP contribution in [0.2, 0.25) is 0 Å². The topological polar surface area (TPSA) is 55.1 Å². The predicted molar refractivity (Wildman–Crippen MR) is 95.4 cm³/mol. The molecule has 140 valence electrons. The van der Waals surface area contributed by atoms with Crippen molar-refractivity contribution in [2.24, 2.45) is 0 Å². The Bertz CT molecular complexity index is 961. The number of hydrogen-bond donors (Lipinski definition) is 1. The van der Waals surface area contributed by atoms with Crippen molar-refractivity contribution >= 4 is 29.8 Å². The third-order valence-electron chi connectivity index (χ3n) is 3.68. The number of anilines is 2. The number of aromatic nitrogens is 4. The van der Waals surface area contributed by atoms with Gasteiger partial charge in [0.05, 0.1) is 0 Å². The Kier molecular flexibility index (Phi) is 3.99. The van der Waals surface area contributed by atoms with Crippen molar-refractivity contribution in [2.45, 2.75) is 19.8 Å². The van der Waals surface area contributed by atoms with Crippen LogP contribution in [0.1, 0.15) is 18.4 Å². The van der Waals surface area contributed by atoms with Crippen LogP contribution < -0.4 is 10.6 Å². The molecule has 0 saturated heterocycles. The van der Waals surface area contributed by atoms with Crippen molar-refractivity contribution in [2.75, 3.05) is 18.6 Å². The number of nitrogens with one attached hydrogen (secondary N) is 1. The molecular formula is C16H18F4N5P. The summed E-state index contributed by atoms with van der Waals surface area (Å²) in [4.78, 5) is 7.85. The Morgan fingerprint density at radius 2 is 1.69 bits per heavy atom. The molecule has 1 aromatic carbocycles. The first-order valence-corrected chi connectivity index (χ1v) is 10.7. The van der Waals surface area contributed by atoms with Gasteiger partial charge in [-0.25, -0.2) is 0 Å². The molecular weight excluding hydrogens is 369 g/mol. The number of fused-ring (bicyclic) bond motifs is 1. The maximum atomic E-state index is 14.1. The second-order valence-electron chi connectivity index (χ2n) is 6.79. The van der Waals surface area contributed by atoms with Crippen LogP contribution in [0.4, 0.5) is 28.7 Å². The number of aryl methyl sites for hydroxylation is 1. The third kappa shape index (κ3) is 3.77. The minimum atomic E-state index is -4.83. The van der Waals surface area contributed by atoms with E-state index in [1.165, 1.54) is 24.3 Å². The summed E-state index contributed by atoms with van der Waals surface area (Å²) >= 11 is 0. The van der Waals surface area contributed by atoms with E-state index in [-0.39, 0.29) is 11.1 Å². The molecule has 0 radical (unpaired) electrons. The summed E-state index contributed by atoms with van der Waals surface area (Å²) < 4.78 is 56.3. The standard InChI is InChI=1S/C16H18F4N5P/c1-10-9-13(25-15(21-10)23-14(24-25)16(2,17)18)22-11-5-7-12(8-6-11)26(3,4,19)20/h5-9,22H,1-4H3. The van der Waals surface area contributed by atoms with Crippen LogP contribution in [0.15, 0.2) is 30.3 Å². The molecule has 0 saturated carbocycles. The quantitative estimate of drug-likeness (QED) is 0.529. The van der Waals surface area contributed by atoms with Crippen LogP contribution in [0.25, 0.3) is 5.78 Å². The molecule has 10 heteroatoms. The molecule has 26 heavy (non-hydrogen) atoms. The molecule has 0 aliphatic heterocycles. The summed E-state index contributed by atoms with van der Waals surface area (Å²) in [6.45, 7) is 4.32. The fraction of sp³-hybridized carbons (Fsp3) is 0.312. The summed E-state index contributed by atoms with van der Waals surface area (Å²) in [6, 6.07) is 7.35. The molecule has 3 rings (SSSR count). The number of alkyl halides is 2. The van der Waals surface area contributed by atoms with Gasteiger partial charge in [0.25, 0.3) is 0 Å². The Hall–Kier alpha value is -2.28. The SMILES string of the molecule is Cc1cc(Nc2ccc(P(C)(C)(F)F)cc2)n2nc(C(C)(F)F)nc2n1. The van der Waals surface area contributed by atoms with Crippen LogP contribution in [-0.2, 0) is 5.92 Å². The molecule has 0 fully saturated rings. The van der Waals surface area contributed by atoms with E-state index < -0.39 is 19.0 Å². The van der Waals surface area contributed by atoms with E-state index in [2.05, 4.69) is 20.4 Å². The monoisotopic (exact) mass is 387 g/mol. The molecule has 0 aliphatic carbocycles. The Labute approximate surface area is 147 Å². The van der Waals surface area contributed by atoms with E-state index >= 15 is 0 Å². The Morgan fingerprint density at radius 3 is 2.23 bits per heavy atom. The van der Waals surface area contributed by atoms with Gasteiger partial charge in [-0.3, -0.25) is 0 Å². The van der Waals surface area contributed by atoms with Gasteiger partial charge in [-0.1, -0.05) is 0 Å². The summed E-state index contributed by atoms with van der Waals surface area (Å²) in [6.07, 6.45) is 0. The summed E-state index contributed by atoms with van der Waals surface area (Å²) in [5.41, 5.74) is 1.07. The maximum absolute atomic E-state index is 14.1. The normalized spacial score (nSPS) is 14.2. The molecule has 3 aromatic rings. The van der Waals surface area contributed by atoms with E-state index in [0.717, 1.165) is 17.8 Å². The van der Waals surface area contributed by atoms with E-state index in [9.17, 15) is 17.2 Å². The van der Waals surface area contributed by atoms with Crippen molar-refractivity contribution in [3.05, 3.63) is 41.9 Å². The van der Waals surface area contributed by atoms with E-state index in [1.54, 1.807) is 13.0 Å². The fourth-order valence-corrected chi connectivity index (χ4v) is 3.34. The van der Waals surface area contributed by atoms with Crippen LogP contribution >= 0.6 is 7.22 Å².